The summed E-state index contributed by atoms with van der Waals surface area (Å²) >= 11 is 0. The van der Waals surface area contributed by atoms with E-state index in [0.29, 0.717) is 17.9 Å². The number of rotatable bonds is 4. The first-order valence-electron chi connectivity index (χ1n) is 10.8. The third-order valence-electron chi connectivity index (χ3n) is 6.36. The molecule has 0 N–H and O–H groups in total. The van der Waals surface area contributed by atoms with Crippen molar-refractivity contribution in [3.05, 3.63) is 29.7 Å². The topological polar surface area (TPSA) is 56.1 Å². The average molecular weight is 421 g/mol. The molecular weight excluding hydrogens is 395 g/mol. The summed E-state index contributed by atoms with van der Waals surface area (Å²) in [5, 5.41) is 4.60. The number of pyridine rings is 1. The highest BCUT2D eigenvalue weighted by atomic mass is 19.4. The highest BCUT2D eigenvalue weighted by molar-refractivity contribution is 5.49. The van der Waals surface area contributed by atoms with E-state index in [0.717, 1.165) is 76.7 Å². The van der Waals surface area contributed by atoms with Crippen molar-refractivity contribution in [1.29, 1.82) is 0 Å². The normalized spacial score (nSPS) is 26.1. The number of hydrogen-bond acceptors (Lipinski definition) is 5. The Morgan fingerprint density at radius 1 is 0.967 bits per heavy atom. The predicted octanol–water partition coefficient (Wildman–Crippen LogP) is 4.05. The minimum Gasteiger partial charge on any atom is -0.380 e. The van der Waals surface area contributed by atoms with Crippen LogP contribution < -0.4 is 0 Å². The van der Waals surface area contributed by atoms with Gasteiger partial charge in [-0.15, -0.1) is 5.10 Å². The number of ether oxygens (including phenoxy) is 1. The van der Waals surface area contributed by atoms with Crippen LogP contribution in [0.3, 0.4) is 0 Å². The first kappa shape index (κ1) is 19.9. The van der Waals surface area contributed by atoms with Crippen LogP contribution in [-0.4, -0.2) is 57.0 Å². The molecule has 0 bridgehead atoms. The van der Waals surface area contributed by atoms with E-state index in [9.17, 15) is 13.2 Å². The summed E-state index contributed by atoms with van der Waals surface area (Å²) in [4.78, 5) is 11.0. The molecule has 0 radical (unpaired) electrons. The van der Waals surface area contributed by atoms with Gasteiger partial charge in [-0.2, -0.15) is 13.2 Å². The molecule has 5 rings (SSSR count). The Labute approximate surface area is 173 Å². The monoisotopic (exact) mass is 421 g/mol. The number of hydrogen-bond donors (Lipinski definition) is 0. The highest BCUT2D eigenvalue weighted by Gasteiger charge is 2.37. The van der Waals surface area contributed by atoms with Crippen LogP contribution in [0.15, 0.2) is 18.2 Å². The second-order valence-electron chi connectivity index (χ2n) is 8.54. The molecule has 2 aromatic heterocycles. The highest BCUT2D eigenvalue weighted by Crippen LogP contribution is 2.42. The van der Waals surface area contributed by atoms with E-state index in [1.807, 2.05) is 4.68 Å². The van der Waals surface area contributed by atoms with Crippen LogP contribution in [0.25, 0.3) is 11.5 Å². The molecule has 1 saturated heterocycles. The molecular formula is C21H26F3N5O. The lowest BCUT2D eigenvalue weighted by atomic mass is 10.1. The summed E-state index contributed by atoms with van der Waals surface area (Å²) in [6, 6.07) is 4.74. The SMILES string of the molecule is FC(F)(F)c1cccc(-c2nc([C@H]3CC[C@@H](N4CCCOCC4)C3)n(C3CC3)n2)n1. The fourth-order valence-electron chi connectivity index (χ4n) is 4.68. The van der Waals surface area contributed by atoms with Crippen molar-refractivity contribution in [3.63, 3.8) is 0 Å². The average Bonchev–Trinajstić information content (AvgIpc) is 3.39. The molecule has 2 atom stereocenters. The molecule has 3 aliphatic rings. The van der Waals surface area contributed by atoms with Gasteiger partial charge in [0.15, 0.2) is 5.82 Å². The van der Waals surface area contributed by atoms with Crippen LogP contribution in [0.1, 0.15) is 62.0 Å². The molecule has 6 nitrogen and oxygen atoms in total. The molecule has 3 heterocycles. The zero-order valence-corrected chi connectivity index (χ0v) is 16.8. The van der Waals surface area contributed by atoms with Gasteiger partial charge in [0.2, 0.25) is 0 Å². The van der Waals surface area contributed by atoms with Gasteiger partial charge in [0.25, 0.3) is 0 Å². The lowest BCUT2D eigenvalue weighted by molar-refractivity contribution is -0.141. The number of halogens is 3. The van der Waals surface area contributed by atoms with Gasteiger partial charge in [0, 0.05) is 31.7 Å². The molecule has 2 aliphatic carbocycles. The Morgan fingerprint density at radius 3 is 2.60 bits per heavy atom. The summed E-state index contributed by atoms with van der Waals surface area (Å²) in [5.74, 6) is 1.50. The Morgan fingerprint density at radius 2 is 1.80 bits per heavy atom. The van der Waals surface area contributed by atoms with Crippen LogP contribution in [-0.2, 0) is 10.9 Å². The Kier molecular flexibility index (Phi) is 5.26. The minimum absolute atomic E-state index is 0.185. The number of nitrogens with zero attached hydrogens (tertiary/aromatic N) is 5. The third kappa shape index (κ3) is 4.09. The molecule has 3 fully saturated rings. The Balaban J connectivity index is 1.39. The predicted molar refractivity (Wildman–Crippen MR) is 104 cm³/mol. The van der Waals surface area contributed by atoms with Crippen molar-refractivity contribution in [2.24, 2.45) is 0 Å². The van der Waals surface area contributed by atoms with Crippen molar-refractivity contribution >= 4 is 0 Å². The fraction of sp³-hybridized carbons (Fsp3) is 0.667. The Hall–Kier alpha value is -2.00. The van der Waals surface area contributed by atoms with E-state index in [-0.39, 0.29) is 11.6 Å². The Bertz CT molecular complexity index is 887. The van der Waals surface area contributed by atoms with Crippen LogP contribution in [0, 0.1) is 0 Å². The van der Waals surface area contributed by atoms with Gasteiger partial charge >= 0.3 is 6.18 Å². The summed E-state index contributed by atoms with van der Waals surface area (Å²) in [5.41, 5.74) is -0.724. The fourth-order valence-corrected chi connectivity index (χ4v) is 4.68. The van der Waals surface area contributed by atoms with Crippen LogP contribution in [0.2, 0.25) is 0 Å². The van der Waals surface area contributed by atoms with Crippen molar-refractivity contribution < 1.29 is 17.9 Å². The number of alkyl halides is 3. The molecule has 30 heavy (non-hydrogen) atoms. The van der Waals surface area contributed by atoms with Gasteiger partial charge < -0.3 is 4.74 Å². The van der Waals surface area contributed by atoms with E-state index < -0.39 is 11.9 Å². The molecule has 0 spiro atoms. The van der Waals surface area contributed by atoms with Gasteiger partial charge in [-0.25, -0.2) is 14.6 Å². The molecule has 0 aromatic carbocycles. The quantitative estimate of drug-likeness (QED) is 0.746. The van der Waals surface area contributed by atoms with E-state index in [1.54, 1.807) is 6.07 Å². The van der Waals surface area contributed by atoms with Gasteiger partial charge in [-0.1, -0.05) is 6.07 Å². The second-order valence-corrected chi connectivity index (χ2v) is 8.54. The molecule has 162 valence electrons. The molecule has 0 amide bonds. The minimum atomic E-state index is -4.48. The maximum absolute atomic E-state index is 13.1. The molecule has 9 heteroatoms. The summed E-state index contributed by atoms with van der Waals surface area (Å²) in [6.45, 7) is 3.64. The van der Waals surface area contributed by atoms with E-state index >= 15 is 0 Å². The van der Waals surface area contributed by atoms with Crippen molar-refractivity contribution in [1.82, 2.24) is 24.6 Å². The standard InChI is InChI=1S/C21H26F3N5O/c22-21(23,24)18-4-1-3-17(25-18)19-26-20(29(27-19)15-7-8-15)14-5-6-16(13-14)28-9-2-11-30-12-10-28/h1,3-4,14-16H,2,5-13H2/t14-,16+/m0/s1. The maximum atomic E-state index is 13.1. The number of aromatic nitrogens is 4. The largest absolute Gasteiger partial charge is 0.433 e. The van der Waals surface area contributed by atoms with Crippen molar-refractivity contribution in [2.75, 3.05) is 26.3 Å². The summed E-state index contributed by atoms with van der Waals surface area (Å²) < 4.78 is 46.8. The summed E-state index contributed by atoms with van der Waals surface area (Å²) in [7, 11) is 0. The van der Waals surface area contributed by atoms with Gasteiger partial charge in [0.05, 0.1) is 12.6 Å². The lowest BCUT2D eigenvalue weighted by Gasteiger charge is -2.26. The summed E-state index contributed by atoms with van der Waals surface area (Å²) in [6.07, 6.45) is 1.83. The zero-order valence-electron chi connectivity index (χ0n) is 16.8. The van der Waals surface area contributed by atoms with Crippen LogP contribution in [0.5, 0.6) is 0 Å². The molecule has 1 aliphatic heterocycles. The molecule has 0 unspecified atom stereocenters. The van der Waals surface area contributed by atoms with Gasteiger partial charge in [-0.05, 0) is 50.7 Å². The van der Waals surface area contributed by atoms with E-state index in [2.05, 4.69) is 15.0 Å². The van der Waals surface area contributed by atoms with Gasteiger partial charge in [-0.3, -0.25) is 4.90 Å². The first-order valence-corrected chi connectivity index (χ1v) is 10.8. The van der Waals surface area contributed by atoms with E-state index in [4.69, 9.17) is 9.72 Å². The lowest BCUT2D eigenvalue weighted by Crippen LogP contribution is -2.35. The molecule has 2 saturated carbocycles. The van der Waals surface area contributed by atoms with Crippen LogP contribution in [0.4, 0.5) is 13.2 Å². The van der Waals surface area contributed by atoms with E-state index in [1.165, 1.54) is 6.07 Å². The van der Waals surface area contributed by atoms with Gasteiger partial charge in [0.1, 0.15) is 17.2 Å². The third-order valence-corrected chi connectivity index (χ3v) is 6.36. The van der Waals surface area contributed by atoms with Crippen LogP contribution >= 0.6 is 0 Å². The van der Waals surface area contributed by atoms with Crippen molar-refractivity contribution in [2.45, 2.75) is 62.7 Å². The smallest absolute Gasteiger partial charge is 0.380 e. The first-order chi connectivity index (χ1) is 14.5. The maximum Gasteiger partial charge on any atom is 0.433 e. The molecule has 2 aromatic rings. The second kappa shape index (κ2) is 7.92. The van der Waals surface area contributed by atoms with Crippen molar-refractivity contribution in [3.8, 4) is 11.5 Å². The zero-order chi connectivity index (χ0) is 20.7.